The number of carboxylic acid groups (broad SMARTS) is 1. The van der Waals surface area contributed by atoms with Crippen LogP contribution < -0.4 is 49.5 Å². The maximum absolute atomic E-state index is 14.3. The highest BCUT2D eigenvalue weighted by Crippen LogP contribution is 2.24. The first-order chi connectivity index (χ1) is 30.1. The molecule has 0 aliphatic carbocycles. The number of aliphatic carboxylic acids is 1. The Labute approximate surface area is 377 Å². The van der Waals surface area contributed by atoms with Crippen molar-refractivity contribution < 1.29 is 48.3 Å². The SMILES string of the molecule is CC(C)C[C@H](NC(=O)[C@@H](NC(=O)[C@@H](N)CCCCN)C(C)C)C(=O)N1CCC[C@H]1C(=O)N[C@H](C(=O)N1CCC[C@H]1C(=O)N[C@@H](CCC(N)=O)C(=O)N[C@@H](CCCCN)C(=O)O)C(C)C. The first kappa shape index (κ1) is 55.2. The average molecular weight is 908 g/mol. The van der Waals surface area contributed by atoms with Gasteiger partial charge in [0.15, 0.2) is 0 Å². The summed E-state index contributed by atoms with van der Waals surface area (Å²) in [4.78, 5) is 123. The van der Waals surface area contributed by atoms with Gasteiger partial charge in [0.1, 0.15) is 42.3 Å². The summed E-state index contributed by atoms with van der Waals surface area (Å²) in [5.41, 5.74) is 22.5. The molecule has 2 aliphatic heterocycles. The number of nitrogens with one attached hydrogen (secondary N) is 5. The molecule has 0 radical (unpaired) electrons. The number of primary amides is 1. The molecule has 2 aliphatic rings. The summed E-state index contributed by atoms with van der Waals surface area (Å²) in [6, 6.07) is -8.58. The van der Waals surface area contributed by atoms with Crippen LogP contribution in [0, 0.1) is 17.8 Å². The second-order valence-corrected chi connectivity index (χ2v) is 18.2. The lowest BCUT2D eigenvalue weighted by molar-refractivity contribution is -0.146. The third-order valence-corrected chi connectivity index (χ3v) is 11.7. The number of nitrogens with two attached hydrogens (primary N) is 4. The molecule has 14 N–H and O–H groups in total. The van der Waals surface area contributed by atoms with Gasteiger partial charge in [-0.25, -0.2) is 4.79 Å². The quantitative estimate of drug-likeness (QED) is 0.0408. The summed E-state index contributed by atoms with van der Waals surface area (Å²) in [7, 11) is 0. The Kier molecular flexibility index (Phi) is 23.7. The van der Waals surface area contributed by atoms with Gasteiger partial charge in [0.05, 0.1) is 6.04 Å². The molecule has 8 atom stereocenters. The van der Waals surface area contributed by atoms with E-state index < -0.39 is 107 Å². The van der Waals surface area contributed by atoms with Gasteiger partial charge in [-0.3, -0.25) is 38.4 Å². The molecule has 21 nitrogen and oxygen atoms in total. The normalized spacial score (nSPS) is 19.1. The summed E-state index contributed by atoms with van der Waals surface area (Å²) in [6.45, 7) is 12.0. The van der Waals surface area contributed by atoms with Crippen molar-refractivity contribution in [2.24, 2.45) is 40.7 Å². The van der Waals surface area contributed by atoms with Gasteiger partial charge in [0, 0.05) is 19.5 Å². The highest BCUT2D eigenvalue weighted by atomic mass is 16.4. The lowest BCUT2D eigenvalue weighted by Crippen LogP contribution is -2.61. The molecule has 0 aromatic heterocycles. The van der Waals surface area contributed by atoms with Crippen LogP contribution in [0.1, 0.15) is 125 Å². The number of hydrogen-bond donors (Lipinski definition) is 10. The maximum atomic E-state index is 14.3. The van der Waals surface area contributed by atoms with Crippen molar-refractivity contribution in [3.05, 3.63) is 0 Å². The summed E-state index contributed by atoms with van der Waals surface area (Å²) in [5, 5.41) is 23.1. The highest BCUT2D eigenvalue weighted by Gasteiger charge is 2.43. The van der Waals surface area contributed by atoms with Crippen molar-refractivity contribution >= 4 is 53.2 Å². The van der Waals surface area contributed by atoms with Crippen LogP contribution in [-0.2, 0) is 43.2 Å². The maximum Gasteiger partial charge on any atom is 0.326 e. The second-order valence-electron chi connectivity index (χ2n) is 18.2. The number of carbonyl (C=O) groups is 9. The van der Waals surface area contributed by atoms with Crippen LogP contribution in [0.25, 0.3) is 0 Å². The van der Waals surface area contributed by atoms with Crippen LogP contribution in [0.2, 0.25) is 0 Å². The van der Waals surface area contributed by atoms with Crippen LogP contribution in [0.5, 0.6) is 0 Å². The molecule has 0 spiro atoms. The van der Waals surface area contributed by atoms with Gasteiger partial charge in [0.25, 0.3) is 0 Å². The number of unbranched alkanes of at least 4 members (excludes halogenated alkanes) is 2. The molecule has 2 heterocycles. The molecule has 21 heteroatoms. The Morgan fingerprint density at radius 1 is 0.594 bits per heavy atom. The van der Waals surface area contributed by atoms with Crippen molar-refractivity contribution in [2.45, 2.75) is 173 Å². The van der Waals surface area contributed by atoms with Crippen molar-refractivity contribution in [1.29, 1.82) is 0 Å². The van der Waals surface area contributed by atoms with Gasteiger partial charge in [-0.15, -0.1) is 0 Å². The van der Waals surface area contributed by atoms with Gasteiger partial charge in [-0.2, -0.15) is 0 Å². The predicted octanol–water partition coefficient (Wildman–Crippen LogP) is -1.31. The molecule has 0 aromatic rings. The van der Waals surface area contributed by atoms with Crippen LogP contribution in [-0.4, -0.2) is 143 Å². The van der Waals surface area contributed by atoms with Gasteiger partial charge >= 0.3 is 5.97 Å². The summed E-state index contributed by atoms with van der Waals surface area (Å²) in [5.74, 6) is -7.04. The minimum atomic E-state index is -1.34. The van der Waals surface area contributed by atoms with Gasteiger partial charge in [-0.1, -0.05) is 48.0 Å². The molecule has 2 rings (SSSR count). The van der Waals surface area contributed by atoms with Gasteiger partial charge < -0.3 is 64.4 Å². The molecule has 2 saturated heterocycles. The lowest BCUT2D eigenvalue weighted by atomic mass is 9.98. The Morgan fingerprint density at radius 2 is 1.11 bits per heavy atom. The molecule has 364 valence electrons. The monoisotopic (exact) mass is 908 g/mol. The Balaban J connectivity index is 2.24. The van der Waals surface area contributed by atoms with E-state index in [9.17, 15) is 48.3 Å². The zero-order valence-corrected chi connectivity index (χ0v) is 38.7. The van der Waals surface area contributed by atoms with Crippen molar-refractivity contribution in [3.63, 3.8) is 0 Å². The Morgan fingerprint density at radius 3 is 1.61 bits per heavy atom. The molecule has 0 saturated carbocycles. The molecule has 0 aromatic carbocycles. The molecule has 8 amide bonds. The third kappa shape index (κ3) is 17.2. The zero-order valence-electron chi connectivity index (χ0n) is 38.7. The number of carbonyl (C=O) groups excluding carboxylic acids is 8. The largest absolute Gasteiger partial charge is 0.480 e. The number of nitrogens with zero attached hydrogens (tertiary/aromatic N) is 2. The zero-order chi connectivity index (χ0) is 48.3. The van der Waals surface area contributed by atoms with E-state index >= 15 is 0 Å². The predicted molar refractivity (Wildman–Crippen MR) is 238 cm³/mol. The number of rotatable bonds is 28. The molecule has 0 bridgehead atoms. The van der Waals surface area contributed by atoms with E-state index in [0.29, 0.717) is 64.5 Å². The number of likely N-dealkylation sites (tertiary alicyclic amines) is 2. The minimum Gasteiger partial charge on any atom is -0.480 e. The average Bonchev–Trinajstić information content (AvgIpc) is 3.93. The standard InChI is InChI=1S/C43H77N11O10/c1-24(2)23-30(50-40(60)34(25(3)4)51-36(56)27(46)13-7-9-19-44)41(61)53-21-11-16-32(53)39(59)52-35(26(5)6)42(62)54-22-12-15-31(54)38(58)48-28(17-18-33(47)55)37(57)49-29(43(63)64)14-8-10-20-45/h24-32,34-35H,7-23,44-46H2,1-6H3,(H2,47,55)(H,48,58)(H,49,57)(H,50,60)(H,51,56)(H,52,59)(H,63,64)/t27-,28-,29-,30-,31-,32-,34-,35-/m0/s1. The van der Waals surface area contributed by atoms with E-state index in [0.717, 1.165) is 0 Å². The summed E-state index contributed by atoms with van der Waals surface area (Å²) < 4.78 is 0. The topological polar surface area (TPSA) is 345 Å². The van der Waals surface area contributed by atoms with Crippen LogP contribution >= 0.6 is 0 Å². The van der Waals surface area contributed by atoms with Crippen LogP contribution in [0.15, 0.2) is 0 Å². The number of amides is 8. The molecule has 64 heavy (non-hydrogen) atoms. The number of carboxylic acids is 1. The van der Waals surface area contributed by atoms with Gasteiger partial charge in [-0.05, 0) is 101 Å². The van der Waals surface area contributed by atoms with E-state index in [1.807, 2.05) is 13.8 Å². The highest BCUT2D eigenvalue weighted by molar-refractivity contribution is 5.98. The van der Waals surface area contributed by atoms with E-state index in [-0.39, 0.29) is 57.0 Å². The first-order valence-corrected chi connectivity index (χ1v) is 22.9. The minimum absolute atomic E-state index is 0.0401. The fraction of sp³-hybridized carbons (Fsp3) is 0.791. The lowest BCUT2D eigenvalue weighted by Gasteiger charge is -2.34. The van der Waals surface area contributed by atoms with E-state index in [1.165, 1.54) is 9.80 Å². The smallest absolute Gasteiger partial charge is 0.326 e. The first-order valence-electron chi connectivity index (χ1n) is 22.9. The Hall–Kier alpha value is -4.89. The van der Waals surface area contributed by atoms with Crippen molar-refractivity contribution in [1.82, 2.24) is 36.4 Å². The van der Waals surface area contributed by atoms with Crippen LogP contribution in [0.3, 0.4) is 0 Å². The van der Waals surface area contributed by atoms with E-state index in [1.54, 1.807) is 27.7 Å². The van der Waals surface area contributed by atoms with Gasteiger partial charge in [0.2, 0.25) is 47.3 Å². The third-order valence-electron chi connectivity index (χ3n) is 11.7. The Bertz CT molecular complexity index is 1610. The number of hydrogen-bond acceptors (Lipinski definition) is 12. The second kappa shape index (κ2) is 27.4. The molecule has 0 unspecified atom stereocenters. The molecule has 2 fully saturated rings. The van der Waals surface area contributed by atoms with E-state index in [2.05, 4.69) is 26.6 Å². The fourth-order valence-corrected chi connectivity index (χ4v) is 7.98. The molecular formula is C43H77N11O10. The molecular weight excluding hydrogens is 831 g/mol. The van der Waals surface area contributed by atoms with Crippen molar-refractivity contribution in [3.8, 4) is 0 Å². The summed E-state index contributed by atoms with van der Waals surface area (Å²) in [6.07, 6.45) is 4.00. The van der Waals surface area contributed by atoms with Crippen molar-refractivity contribution in [2.75, 3.05) is 26.2 Å². The van der Waals surface area contributed by atoms with E-state index in [4.69, 9.17) is 22.9 Å². The summed E-state index contributed by atoms with van der Waals surface area (Å²) >= 11 is 0. The fourth-order valence-electron chi connectivity index (χ4n) is 7.98. The van der Waals surface area contributed by atoms with Crippen LogP contribution in [0.4, 0.5) is 0 Å².